The zero-order valence-electron chi connectivity index (χ0n) is 9.18. The molecule has 17 heavy (non-hydrogen) atoms. The van der Waals surface area contributed by atoms with Crippen LogP contribution in [0.5, 0.6) is 0 Å². The lowest BCUT2D eigenvalue weighted by molar-refractivity contribution is 0.901. The standard InChI is InChI=1S/C11H13N5S/c1-2-5-14-10(12)16-11(17)15-8-9-3-6-13-7-4-9/h1,3-4,6-7H,5,8H2,(H4,12,14,15,16,17). The van der Waals surface area contributed by atoms with E-state index >= 15 is 0 Å². The Bertz CT molecular complexity index is 435. The summed E-state index contributed by atoms with van der Waals surface area (Å²) in [6, 6.07) is 3.79. The lowest BCUT2D eigenvalue weighted by Crippen LogP contribution is -2.43. The molecular weight excluding hydrogens is 234 g/mol. The molecule has 1 heterocycles. The Kier molecular flexibility index (Phi) is 5.47. The molecule has 5 nitrogen and oxygen atoms in total. The van der Waals surface area contributed by atoms with Crippen LogP contribution in [-0.4, -0.2) is 22.6 Å². The summed E-state index contributed by atoms with van der Waals surface area (Å²) in [4.78, 5) is 7.77. The molecule has 0 unspecified atom stereocenters. The molecule has 1 aromatic rings. The normalized spacial score (nSPS) is 10.4. The van der Waals surface area contributed by atoms with Crippen LogP contribution in [0.15, 0.2) is 29.5 Å². The van der Waals surface area contributed by atoms with Crippen molar-refractivity contribution in [2.24, 2.45) is 10.7 Å². The number of pyridine rings is 1. The van der Waals surface area contributed by atoms with Crippen molar-refractivity contribution in [3.05, 3.63) is 30.1 Å². The molecule has 0 aliphatic rings. The summed E-state index contributed by atoms with van der Waals surface area (Å²) in [6.07, 6.45) is 8.48. The van der Waals surface area contributed by atoms with Crippen LogP contribution in [0.4, 0.5) is 0 Å². The molecule has 0 aliphatic heterocycles. The number of guanidine groups is 1. The van der Waals surface area contributed by atoms with Crippen molar-refractivity contribution in [3.8, 4) is 12.3 Å². The quantitative estimate of drug-likeness (QED) is 0.303. The molecule has 0 atom stereocenters. The molecule has 1 aromatic heterocycles. The number of rotatable bonds is 3. The largest absolute Gasteiger partial charge is 0.370 e. The zero-order chi connectivity index (χ0) is 12.5. The number of terminal acetylenes is 1. The van der Waals surface area contributed by atoms with E-state index in [1.165, 1.54) is 0 Å². The van der Waals surface area contributed by atoms with E-state index in [-0.39, 0.29) is 12.5 Å². The van der Waals surface area contributed by atoms with Gasteiger partial charge in [-0.1, -0.05) is 5.92 Å². The minimum atomic E-state index is 0.204. The van der Waals surface area contributed by atoms with E-state index < -0.39 is 0 Å². The van der Waals surface area contributed by atoms with Crippen LogP contribution < -0.4 is 16.4 Å². The van der Waals surface area contributed by atoms with Crippen LogP contribution in [-0.2, 0) is 6.54 Å². The molecule has 4 N–H and O–H groups in total. The van der Waals surface area contributed by atoms with Crippen molar-refractivity contribution < 1.29 is 0 Å². The number of thiocarbonyl (C=S) groups is 1. The Hall–Kier alpha value is -2.13. The topological polar surface area (TPSA) is 75.3 Å². The smallest absolute Gasteiger partial charge is 0.195 e. The average molecular weight is 247 g/mol. The minimum absolute atomic E-state index is 0.204. The number of hydrogen-bond donors (Lipinski definition) is 3. The van der Waals surface area contributed by atoms with Gasteiger partial charge in [-0.3, -0.25) is 4.98 Å². The van der Waals surface area contributed by atoms with Crippen molar-refractivity contribution in [3.63, 3.8) is 0 Å². The number of nitrogens with two attached hydrogens (primary N) is 1. The lowest BCUT2D eigenvalue weighted by Gasteiger charge is -2.09. The van der Waals surface area contributed by atoms with Crippen LogP contribution in [0.25, 0.3) is 0 Å². The fourth-order valence-corrected chi connectivity index (χ4v) is 1.19. The third-order valence-corrected chi connectivity index (χ3v) is 2.03. The second-order valence-corrected chi connectivity index (χ2v) is 3.48. The third-order valence-electron chi connectivity index (χ3n) is 1.78. The fraction of sp³-hybridized carbons (Fsp3) is 0.182. The van der Waals surface area contributed by atoms with E-state index in [1.807, 2.05) is 12.1 Å². The Labute approximate surface area is 106 Å². The van der Waals surface area contributed by atoms with E-state index in [1.54, 1.807) is 12.4 Å². The van der Waals surface area contributed by atoms with Gasteiger partial charge < -0.3 is 16.4 Å². The number of nitrogens with zero attached hydrogens (tertiary/aromatic N) is 2. The Balaban J connectivity index is 2.34. The number of aliphatic imine (C=N–C) groups is 1. The van der Waals surface area contributed by atoms with Crippen LogP contribution in [0.1, 0.15) is 5.56 Å². The molecule has 0 saturated heterocycles. The van der Waals surface area contributed by atoms with Gasteiger partial charge in [0.1, 0.15) is 6.54 Å². The van der Waals surface area contributed by atoms with Crippen LogP contribution in [0.3, 0.4) is 0 Å². The minimum Gasteiger partial charge on any atom is -0.370 e. The van der Waals surface area contributed by atoms with Crippen LogP contribution >= 0.6 is 12.2 Å². The summed E-state index contributed by atoms with van der Waals surface area (Å²) >= 11 is 5.03. The number of nitrogens with one attached hydrogen (secondary N) is 2. The monoisotopic (exact) mass is 247 g/mol. The highest BCUT2D eigenvalue weighted by Gasteiger charge is 1.97. The average Bonchev–Trinajstić information content (AvgIpc) is 2.35. The van der Waals surface area contributed by atoms with E-state index in [9.17, 15) is 0 Å². The molecule has 0 aliphatic carbocycles. The summed E-state index contributed by atoms with van der Waals surface area (Å²) in [6.45, 7) is 0.822. The molecule has 0 saturated carbocycles. The molecule has 1 rings (SSSR count). The lowest BCUT2D eigenvalue weighted by atomic mass is 10.3. The van der Waals surface area contributed by atoms with Crippen molar-refractivity contribution in [1.29, 1.82) is 0 Å². The number of hydrogen-bond acceptors (Lipinski definition) is 3. The Morgan fingerprint density at radius 2 is 2.24 bits per heavy atom. The van der Waals surface area contributed by atoms with Gasteiger partial charge in [-0.05, 0) is 29.9 Å². The Morgan fingerprint density at radius 3 is 2.88 bits per heavy atom. The van der Waals surface area contributed by atoms with Gasteiger partial charge in [-0.25, -0.2) is 4.99 Å². The number of aromatic nitrogens is 1. The first-order chi connectivity index (χ1) is 8.22. The van der Waals surface area contributed by atoms with Crippen molar-refractivity contribution in [1.82, 2.24) is 15.6 Å². The van der Waals surface area contributed by atoms with Crippen molar-refractivity contribution >= 4 is 23.3 Å². The van der Waals surface area contributed by atoms with Crippen molar-refractivity contribution in [2.75, 3.05) is 6.54 Å². The summed E-state index contributed by atoms with van der Waals surface area (Å²) in [5.74, 6) is 2.56. The maximum absolute atomic E-state index is 5.54. The van der Waals surface area contributed by atoms with E-state index in [4.69, 9.17) is 24.4 Å². The van der Waals surface area contributed by atoms with E-state index in [0.29, 0.717) is 11.7 Å². The van der Waals surface area contributed by atoms with Crippen LogP contribution in [0.2, 0.25) is 0 Å². The molecular formula is C11H13N5S. The van der Waals surface area contributed by atoms with Gasteiger partial charge >= 0.3 is 0 Å². The Morgan fingerprint density at radius 1 is 1.53 bits per heavy atom. The first-order valence-corrected chi connectivity index (χ1v) is 5.30. The second-order valence-electron chi connectivity index (χ2n) is 3.07. The maximum Gasteiger partial charge on any atom is 0.195 e. The van der Waals surface area contributed by atoms with Crippen molar-refractivity contribution in [2.45, 2.75) is 6.54 Å². The summed E-state index contributed by atoms with van der Waals surface area (Å²) in [5, 5.41) is 6.11. The zero-order valence-corrected chi connectivity index (χ0v) is 10.00. The maximum atomic E-state index is 5.54. The first-order valence-electron chi connectivity index (χ1n) is 4.89. The van der Waals surface area contributed by atoms with Gasteiger partial charge in [0.2, 0.25) is 0 Å². The predicted octanol–water partition coefficient (Wildman–Crippen LogP) is -0.00640. The fourth-order valence-electron chi connectivity index (χ4n) is 1.01. The predicted molar refractivity (Wildman–Crippen MR) is 72.1 cm³/mol. The highest BCUT2D eigenvalue weighted by Crippen LogP contribution is 1.94. The molecule has 0 fully saturated rings. The summed E-state index contributed by atoms with van der Waals surface area (Å²) in [7, 11) is 0. The molecule has 0 bridgehead atoms. The molecule has 0 spiro atoms. The molecule has 88 valence electrons. The van der Waals surface area contributed by atoms with E-state index in [2.05, 4.69) is 26.5 Å². The SMILES string of the molecule is C#CCN=C(N)NC(=S)NCc1ccncc1. The third kappa shape index (κ3) is 5.49. The van der Waals surface area contributed by atoms with Gasteiger partial charge in [0.25, 0.3) is 0 Å². The van der Waals surface area contributed by atoms with Gasteiger partial charge in [-0.15, -0.1) is 6.42 Å². The highest BCUT2D eigenvalue weighted by atomic mass is 32.1. The highest BCUT2D eigenvalue weighted by molar-refractivity contribution is 7.80. The molecule has 0 aromatic carbocycles. The summed E-state index contributed by atoms with van der Waals surface area (Å²) in [5.41, 5.74) is 6.61. The molecule has 0 amide bonds. The first kappa shape index (κ1) is 12.9. The molecule has 0 radical (unpaired) electrons. The second kappa shape index (κ2) is 7.19. The van der Waals surface area contributed by atoms with Gasteiger partial charge in [0, 0.05) is 18.9 Å². The van der Waals surface area contributed by atoms with E-state index in [0.717, 1.165) is 5.56 Å². The van der Waals surface area contributed by atoms with Gasteiger partial charge in [-0.2, -0.15) is 0 Å². The van der Waals surface area contributed by atoms with Crippen LogP contribution in [0, 0.1) is 12.3 Å². The van der Waals surface area contributed by atoms with Gasteiger partial charge in [0.15, 0.2) is 11.1 Å². The van der Waals surface area contributed by atoms with Gasteiger partial charge in [0.05, 0.1) is 0 Å². The molecule has 6 heteroatoms. The summed E-state index contributed by atoms with van der Waals surface area (Å²) < 4.78 is 0.